The molecule has 0 saturated heterocycles. The lowest BCUT2D eigenvalue weighted by atomic mass is 9.89. The smallest absolute Gasteiger partial charge is 0.0467 e. The van der Waals surface area contributed by atoms with E-state index in [0.29, 0.717) is 11.3 Å². The standard InChI is InChI=1S/C12H28N2O/c1-11(5-7-13)9-14-10-12(2,3)6-8-15-4/h11,14H,5-10,13H2,1-4H3. The molecule has 0 aliphatic rings. The molecule has 3 nitrogen and oxygen atoms in total. The number of hydrogen-bond acceptors (Lipinski definition) is 3. The van der Waals surface area contributed by atoms with Gasteiger partial charge in [0.2, 0.25) is 0 Å². The Hall–Kier alpha value is -0.120. The SMILES string of the molecule is COCCC(C)(C)CNCC(C)CCN. The van der Waals surface area contributed by atoms with Crippen molar-refractivity contribution in [3.63, 3.8) is 0 Å². The second-order valence-corrected chi connectivity index (χ2v) is 5.22. The normalized spacial score (nSPS) is 14.2. The fourth-order valence-corrected chi connectivity index (χ4v) is 1.51. The molecule has 0 fully saturated rings. The summed E-state index contributed by atoms with van der Waals surface area (Å²) < 4.78 is 5.10. The molecule has 0 rings (SSSR count). The van der Waals surface area contributed by atoms with Crippen molar-refractivity contribution < 1.29 is 4.74 Å². The molecule has 3 heteroatoms. The minimum atomic E-state index is 0.318. The van der Waals surface area contributed by atoms with E-state index in [1.807, 2.05) is 0 Å². The van der Waals surface area contributed by atoms with E-state index in [4.69, 9.17) is 10.5 Å². The van der Waals surface area contributed by atoms with Crippen molar-refractivity contribution >= 4 is 0 Å². The number of nitrogens with two attached hydrogens (primary N) is 1. The van der Waals surface area contributed by atoms with Crippen molar-refractivity contribution in [1.29, 1.82) is 0 Å². The third-order valence-corrected chi connectivity index (χ3v) is 2.74. The zero-order valence-corrected chi connectivity index (χ0v) is 10.8. The van der Waals surface area contributed by atoms with Crippen LogP contribution in [0.25, 0.3) is 0 Å². The summed E-state index contributed by atoms with van der Waals surface area (Å²) in [5.74, 6) is 0.674. The third kappa shape index (κ3) is 8.85. The summed E-state index contributed by atoms with van der Waals surface area (Å²) in [7, 11) is 1.76. The second kappa shape index (κ2) is 8.08. The summed E-state index contributed by atoms with van der Waals surface area (Å²) in [5, 5.41) is 3.51. The van der Waals surface area contributed by atoms with Gasteiger partial charge in [0, 0.05) is 20.3 Å². The topological polar surface area (TPSA) is 47.3 Å². The van der Waals surface area contributed by atoms with Gasteiger partial charge in [-0.1, -0.05) is 20.8 Å². The van der Waals surface area contributed by atoms with E-state index in [1.165, 1.54) is 0 Å². The first-order chi connectivity index (χ1) is 7.02. The van der Waals surface area contributed by atoms with Crippen molar-refractivity contribution in [3.8, 4) is 0 Å². The van der Waals surface area contributed by atoms with Gasteiger partial charge in [0.05, 0.1) is 0 Å². The van der Waals surface area contributed by atoms with Crippen LogP contribution in [0.5, 0.6) is 0 Å². The molecule has 0 saturated carbocycles. The number of rotatable bonds is 9. The molecule has 0 aliphatic carbocycles. The Morgan fingerprint density at radius 1 is 1.40 bits per heavy atom. The highest BCUT2D eigenvalue weighted by Crippen LogP contribution is 2.18. The molecule has 0 aromatic carbocycles. The number of ether oxygens (including phenoxy) is 1. The van der Waals surface area contributed by atoms with E-state index < -0.39 is 0 Å². The van der Waals surface area contributed by atoms with E-state index in [2.05, 4.69) is 26.1 Å². The molecule has 0 aromatic rings. The summed E-state index contributed by atoms with van der Waals surface area (Å²) >= 11 is 0. The van der Waals surface area contributed by atoms with E-state index in [0.717, 1.165) is 39.1 Å². The number of nitrogens with one attached hydrogen (secondary N) is 1. The quantitative estimate of drug-likeness (QED) is 0.616. The first kappa shape index (κ1) is 14.9. The van der Waals surface area contributed by atoms with Crippen LogP contribution in [-0.2, 0) is 4.74 Å². The van der Waals surface area contributed by atoms with Crippen LogP contribution in [0, 0.1) is 11.3 Å². The first-order valence-corrected chi connectivity index (χ1v) is 5.91. The lowest BCUT2D eigenvalue weighted by Gasteiger charge is -2.25. The van der Waals surface area contributed by atoms with Crippen molar-refractivity contribution in [3.05, 3.63) is 0 Å². The molecule has 92 valence electrons. The molecular weight excluding hydrogens is 188 g/mol. The molecular formula is C12H28N2O. The highest BCUT2D eigenvalue weighted by molar-refractivity contribution is 4.72. The Labute approximate surface area is 94.8 Å². The van der Waals surface area contributed by atoms with Gasteiger partial charge < -0.3 is 15.8 Å². The van der Waals surface area contributed by atoms with Gasteiger partial charge in [-0.05, 0) is 37.3 Å². The minimum Gasteiger partial charge on any atom is -0.385 e. The zero-order chi connectivity index (χ0) is 11.7. The molecule has 15 heavy (non-hydrogen) atoms. The molecule has 1 atom stereocenters. The summed E-state index contributed by atoms with van der Waals surface area (Å²) in [4.78, 5) is 0. The molecule has 1 unspecified atom stereocenters. The highest BCUT2D eigenvalue weighted by atomic mass is 16.5. The molecule has 3 N–H and O–H groups in total. The fourth-order valence-electron chi connectivity index (χ4n) is 1.51. The Morgan fingerprint density at radius 2 is 2.07 bits per heavy atom. The van der Waals surface area contributed by atoms with Gasteiger partial charge >= 0.3 is 0 Å². The van der Waals surface area contributed by atoms with Crippen LogP contribution >= 0.6 is 0 Å². The summed E-state index contributed by atoms with van der Waals surface area (Å²) in [6.45, 7) is 10.5. The molecule has 0 aliphatic heterocycles. The van der Waals surface area contributed by atoms with Gasteiger partial charge in [0.25, 0.3) is 0 Å². The lowest BCUT2D eigenvalue weighted by Crippen LogP contribution is -2.33. The lowest BCUT2D eigenvalue weighted by molar-refractivity contribution is 0.150. The van der Waals surface area contributed by atoms with Crippen LogP contribution in [0.3, 0.4) is 0 Å². The van der Waals surface area contributed by atoms with Crippen LogP contribution in [0.15, 0.2) is 0 Å². The van der Waals surface area contributed by atoms with Gasteiger partial charge in [-0.3, -0.25) is 0 Å². The first-order valence-electron chi connectivity index (χ1n) is 5.91. The van der Waals surface area contributed by atoms with Gasteiger partial charge in [-0.2, -0.15) is 0 Å². The Kier molecular flexibility index (Phi) is 8.02. The summed E-state index contributed by atoms with van der Waals surface area (Å²) in [6.07, 6.45) is 2.20. The van der Waals surface area contributed by atoms with Crippen LogP contribution in [0.1, 0.15) is 33.6 Å². The van der Waals surface area contributed by atoms with Gasteiger partial charge in [0.1, 0.15) is 0 Å². The van der Waals surface area contributed by atoms with E-state index in [1.54, 1.807) is 7.11 Å². The zero-order valence-electron chi connectivity index (χ0n) is 10.8. The van der Waals surface area contributed by atoms with Crippen molar-refractivity contribution in [2.75, 3.05) is 33.4 Å². The molecule has 0 amide bonds. The van der Waals surface area contributed by atoms with Crippen LogP contribution in [0.2, 0.25) is 0 Å². The van der Waals surface area contributed by atoms with Crippen LogP contribution in [0.4, 0.5) is 0 Å². The number of methoxy groups -OCH3 is 1. The van der Waals surface area contributed by atoms with E-state index in [9.17, 15) is 0 Å². The largest absolute Gasteiger partial charge is 0.385 e. The maximum absolute atomic E-state index is 5.51. The average Bonchev–Trinajstić information content (AvgIpc) is 2.15. The minimum absolute atomic E-state index is 0.318. The highest BCUT2D eigenvalue weighted by Gasteiger charge is 2.16. The molecule has 0 bridgehead atoms. The van der Waals surface area contributed by atoms with Gasteiger partial charge in [0.15, 0.2) is 0 Å². The monoisotopic (exact) mass is 216 g/mol. The Morgan fingerprint density at radius 3 is 2.60 bits per heavy atom. The molecule has 0 heterocycles. The Balaban J connectivity index is 3.55. The van der Waals surface area contributed by atoms with Crippen molar-refractivity contribution in [2.45, 2.75) is 33.6 Å². The maximum atomic E-state index is 5.51. The Bertz CT molecular complexity index is 149. The number of hydrogen-bond donors (Lipinski definition) is 2. The van der Waals surface area contributed by atoms with E-state index in [-0.39, 0.29) is 0 Å². The average molecular weight is 216 g/mol. The summed E-state index contributed by atoms with van der Waals surface area (Å²) in [6, 6.07) is 0. The van der Waals surface area contributed by atoms with Crippen molar-refractivity contribution in [1.82, 2.24) is 5.32 Å². The van der Waals surface area contributed by atoms with Crippen molar-refractivity contribution in [2.24, 2.45) is 17.1 Å². The van der Waals surface area contributed by atoms with Gasteiger partial charge in [-0.25, -0.2) is 0 Å². The fraction of sp³-hybridized carbons (Fsp3) is 1.00. The molecule has 0 spiro atoms. The predicted octanol–water partition coefficient (Wildman–Crippen LogP) is 1.62. The van der Waals surface area contributed by atoms with Crippen LogP contribution in [-0.4, -0.2) is 33.4 Å². The van der Waals surface area contributed by atoms with E-state index >= 15 is 0 Å². The van der Waals surface area contributed by atoms with Crippen LogP contribution < -0.4 is 11.1 Å². The summed E-state index contributed by atoms with van der Waals surface area (Å²) in [5.41, 5.74) is 5.83. The molecule has 0 aromatic heterocycles. The predicted molar refractivity (Wildman–Crippen MR) is 66.0 cm³/mol. The second-order valence-electron chi connectivity index (χ2n) is 5.22. The third-order valence-electron chi connectivity index (χ3n) is 2.74. The molecule has 0 radical (unpaired) electrons. The van der Waals surface area contributed by atoms with Gasteiger partial charge in [-0.15, -0.1) is 0 Å². The maximum Gasteiger partial charge on any atom is 0.0467 e.